The minimum atomic E-state index is 0.0199. The molecule has 0 spiro atoms. The van der Waals surface area contributed by atoms with Crippen molar-refractivity contribution >= 4 is 22.9 Å². The van der Waals surface area contributed by atoms with Crippen molar-refractivity contribution in [2.75, 3.05) is 10.6 Å². The third kappa shape index (κ3) is 3.09. The number of rotatable bonds is 5. The number of aromatic nitrogens is 2. The lowest BCUT2D eigenvalue weighted by atomic mass is 10.2. The Kier molecular flexibility index (Phi) is 4.05. The van der Waals surface area contributed by atoms with Crippen LogP contribution in [0.4, 0.5) is 11.4 Å². The van der Waals surface area contributed by atoms with Gasteiger partial charge in [0, 0.05) is 24.0 Å². The molecule has 0 atom stereocenters. The number of carbonyl (C=O) groups is 1. The van der Waals surface area contributed by atoms with Crippen LogP contribution < -0.4 is 10.6 Å². The zero-order chi connectivity index (χ0) is 15.4. The molecule has 2 heterocycles. The third-order valence-corrected chi connectivity index (χ3v) is 3.46. The first kappa shape index (κ1) is 14.1. The molecule has 112 valence electrons. The summed E-state index contributed by atoms with van der Waals surface area (Å²) in [5.74, 6) is 0.0199. The van der Waals surface area contributed by atoms with Gasteiger partial charge in [0.05, 0.1) is 18.4 Å². The van der Waals surface area contributed by atoms with Crippen LogP contribution in [0, 0.1) is 0 Å². The van der Waals surface area contributed by atoms with E-state index in [0.717, 1.165) is 22.7 Å². The monoisotopic (exact) mass is 294 g/mol. The molecule has 0 aliphatic rings. The van der Waals surface area contributed by atoms with Gasteiger partial charge >= 0.3 is 0 Å². The van der Waals surface area contributed by atoms with Gasteiger partial charge in [-0.15, -0.1) is 0 Å². The number of hydrogen-bond donors (Lipinski definition) is 2. The molecule has 0 aliphatic carbocycles. The van der Waals surface area contributed by atoms with Crippen LogP contribution in [0.3, 0.4) is 0 Å². The molecule has 22 heavy (non-hydrogen) atoms. The summed E-state index contributed by atoms with van der Waals surface area (Å²) in [6, 6.07) is 13.6. The van der Waals surface area contributed by atoms with Gasteiger partial charge in [-0.2, -0.15) is 0 Å². The highest BCUT2D eigenvalue weighted by Crippen LogP contribution is 2.15. The van der Waals surface area contributed by atoms with Gasteiger partial charge in [0.15, 0.2) is 0 Å². The van der Waals surface area contributed by atoms with Crippen molar-refractivity contribution in [3.8, 4) is 0 Å². The predicted octanol–water partition coefficient (Wildman–Crippen LogP) is 3.29. The van der Waals surface area contributed by atoms with E-state index in [-0.39, 0.29) is 5.91 Å². The van der Waals surface area contributed by atoms with Crippen molar-refractivity contribution in [1.82, 2.24) is 9.38 Å². The van der Waals surface area contributed by atoms with Gasteiger partial charge in [-0.3, -0.25) is 4.79 Å². The van der Waals surface area contributed by atoms with Crippen LogP contribution in [0.1, 0.15) is 19.0 Å². The molecular formula is C17H18N4O. The maximum Gasteiger partial charge on any atom is 0.224 e. The van der Waals surface area contributed by atoms with Gasteiger partial charge in [0.25, 0.3) is 0 Å². The fourth-order valence-corrected chi connectivity index (χ4v) is 2.23. The van der Waals surface area contributed by atoms with Crippen LogP contribution in [0.15, 0.2) is 54.9 Å². The number of imidazole rings is 1. The van der Waals surface area contributed by atoms with Crippen LogP contribution >= 0.6 is 0 Å². The molecule has 0 unspecified atom stereocenters. The Balaban J connectivity index is 1.65. The quantitative estimate of drug-likeness (QED) is 0.759. The standard InChI is InChI=1S/C17H18N4O/c1-2-17(22)20-14-8-6-13(7-9-14)18-11-15-12-19-16-5-3-4-10-21(15)16/h3-10,12,18H,2,11H2,1H3,(H,20,22). The SMILES string of the molecule is CCC(=O)Nc1ccc(NCc2cnc3ccccn23)cc1. The summed E-state index contributed by atoms with van der Waals surface area (Å²) >= 11 is 0. The Morgan fingerprint density at radius 1 is 1.14 bits per heavy atom. The summed E-state index contributed by atoms with van der Waals surface area (Å²) < 4.78 is 2.06. The normalized spacial score (nSPS) is 10.6. The highest BCUT2D eigenvalue weighted by molar-refractivity contribution is 5.90. The molecule has 3 aromatic rings. The van der Waals surface area contributed by atoms with E-state index in [0.29, 0.717) is 13.0 Å². The Morgan fingerprint density at radius 2 is 1.91 bits per heavy atom. The molecule has 0 saturated carbocycles. The second-order valence-corrected chi connectivity index (χ2v) is 5.01. The first-order chi connectivity index (χ1) is 10.8. The van der Waals surface area contributed by atoms with Gasteiger partial charge in [-0.05, 0) is 36.4 Å². The summed E-state index contributed by atoms with van der Waals surface area (Å²) in [7, 11) is 0. The zero-order valence-corrected chi connectivity index (χ0v) is 12.4. The van der Waals surface area contributed by atoms with Crippen molar-refractivity contribution < 1.29 is 4.79 Å². The van der Waals surface area contributed by atoms with Crippen LogP contribution in [0.5, 0.6) is 0 Å². The van der Waals surface area contributed by atoms with Gasteiger partial charge in [0.2, 0.25) is 5.91 Å². The maximum atomic E-state index is 11.3. The van der Waals surface area contributed by atoms with Crippen molar-refractivity contribution in [3.63, 3.8) is 0 Å². The molecule has 0 aliphatic heterocycles. The van der Waals surface area contributed by atoms with E-state index in [4.69, 9.17) is 0 Å². The molecule has 0 radical (unpaired) electrons. The average molecular weight is 294 g/mol. The molecule has 3 rings (SSSR count). The second kappa shape index (κ2) is 6.30. The zero-order valence-electron chi connectivity index (χ0n) is 12.4. The van der Waals surface area contributed by atoms with E-state index in [2.05, 4.69) is 20.0 Å². The number of nitrogens with one attached hydrogen (secondary N) is 2. The molecule has 5 nitrogen and oxygen atoms in total. The molecule has 1 aromatic carbocycles. The number of amides is 1. The third-order valence-electron chi connectivity index (χ3n) is 3.46. The first-order valence-corrected chi connectivity index (χ1v) is 7.31. The number of benzene rings is 1. The summed E-state index contributed by atoms with van der Waals surface area (Å²) in [4.78, 5) is 15.7. The Bertz CT molecular complexity index is 777. The number of fused-ring (bicyclic) bond motifs is 1. The Hall–Kier alpha value is -2.82. The minimum absolute atomic E-state index is 0.0199. The van der Waals surface area contributed by atoms with Gasteiger partial charge < -0.3 is 15.0 Å². The molecule has 2 aromatic heterocycles. The van der Waals surface area contributed by atoms with Crippen LogP contribution in [0.25, 0.3) is 5.65 Å². The van der Waals surface area contributed by atoms with E-state index in [9.17, 15) is 4.79 Å². The largest absolute Gasteiger partial charge is 0.379 e. The highest BCUT2D eigenvalue weighted by Gasteiger charge is 2.02. The summed E-state index contributed by atoms with van der Waals surface area (Å²) in [6.45, 7) is 2.52. The second-order valence-electron chi connectivity index (χ2n) is 5.01. The van der Waals surface area contributed by atoms with Gasteiger partial charge in [-0.1, -0.05) is 13.0 Å². The molecule has 2 N–H and O–H groups in total. The predicted molar refractivity (Wildman–Crippen MR) is 87.9 cm³/mol. The van der Waals surface area contributed by atoms with Gasteiger partial charge in [0.1, 0.15) is 5.65 Å². The molecule has 5 heteroatoms. The number of carbonyl (C=O) groups excluding carboxylic acids is 1. The fraction of sp³-hybridized carbons (Fsp3) is 0.176. The minimum Gasteiger partial charge on any atom is -0.379 e. The molecular weight excluding hydrogens is 276 g/mol. The Morgan fingerprint density at radius 3 is 2.68 bits per heavy atom. The van der Waals surface area contributed by atoms with Crippen LogP contribution in [-0.4, -0.2) is 15.3 Å². The molecule has 0 saturated heterocycles. The van der Waals surface area contributed by atoms with Crippen molar-refractivity contribution in [2.24, 2.45) is 0 Å². The topological polar surface area (TPSA) is 58.4 Å². The Labute approximate surface area is 129 Å². The number of anilines is 2. The summed E-state index contributed by atoms with van der Waals surface area (Å²) in [5.41, 5.74) is 3.85. The lowest BCUT2D eigenvalue weighted by molar-refractivity contribution is -0.115. The van der Waals surface area contributed by atoms with Crippen molar-refractivity contribution in [1.29, 1.82) is 0 Å². The van der Waals surface area contributed by atoms with Crippen molar-refractivity contribution in [2.45, 2.75) is 19.9 Å². The highest BCUT2D eigenvalue weighted by atomic mass is 16.1. The van der Waals surface area contributed by atoms with E-state index in [1.54, 1.807) is 0 Å². The molecule has 0 fully saturated rings. The summed E-state index contributed by atoms with van der Waals surface area (Å²) in [6.07, 6.45) is 4.36. The molecule has 0 bridgehead atoms. The molecule has 1 amide bonds. The lowest BCUT2D eigenvalue weighted by Crippen LogP contribution is -2.09. The van der Waals surface area contributed by atoms with E-state index in [1.165, 1.54) is 0 Å². The lowest BCUT2D eigenvalue weighted by Gasteiger charge is -2.08. The van der Waals surface area contributed by atoms with Crippen LogP contribution in [0.2, 0.25) is 0 Å². The number of pyridine rings is 1. The summed E-state index contributed by atoms with van der Waals surface area (Å²) in [5, 5.41) is 6.19. The van der Waals surface area contributed by atoms with E-state index < -0.39 is 0 Å². The fourth-order valence-electron chi connectivity index (χ4n) is 2.23. The average Bonchev–Trinajstić information content (AvgIpc) is 2.97. The van der Waals surface area contributed by atoms with E-state index in [1.807, 2.05) is 61.8 Å². The van der Waals surface area contributed by atoms with Crippen molar-refractivity contribution in [3.05, 3.63) is 60.6 Å². The number of nitrogens with zero attached hydrogens (tertiary/aromatic N) is 2. The smallest absolute Gasteiger partial charge is 0.224 e. The number of hydrogen-bond acceptors (Lipinski definition) is 3. The van der Waals surface area contributed by atoms with Gasteiger partial charge in [-0.25, -0.2) is 4.98 Å². The van der Waals surface area contributed by atoms with Crippen LogP contribution in [-0.2, 0) is 11.3 Å². The first-order valence-electron chi connectivity index (χ1n) is 7.31. The maximum absolute atomic E-state index is 11.3. The van der Waals surface area contributed by atoms with E-state index >= 15 is 0 Å².